The Labute approximate surface area is 163 Å². The largest absolute Gasteiger partial charge is 0.498 e. The first-order chi connectivity index (χ1) is 13.0. The molecule has 1 saturated heterocycles. The van der Waals surface area contributed by atoms with E-state index in [1.807, 2.05) is 6.92 Å². The molecular formula is C22H36F2O3. The Morgan fingerprint density at radius 2 is 1.70 bits per heavy atom. The van der Waals surface area contributed by atoms with Gasteiger partial charge in [-0.15, -0.1) is 0 Å². The fraction of sp³-hybridized carbons (Fsp3) is 0.818. The fourth-order valence-corrected chi connectivity index (χ4v) is 4.09. The van der Waals surface area contributed by atoms with Crippen molar-refractivity contribution in [3.05, 3.63) is 23.0 Å². The van der Waals surface area contributed by atoms with E-state index >= 15 is 0 Å². The van der Waals surface area contributed by atoms with Gasteiger partial charge < -0.3 is 14.2 Å². The summed E-state index contributed by atoms with van der Waals surface area (Å²) in [7, 11) is 1.33. The second-order valence-electron chi connectivity index (χ2n) is 7.92. The predicted octanol–water partition coefficient (Wildman–Crippen LogP) is 6.25. The molecule has 2 unspecified atom stereocenters. The zero-order valence-electron chi connectivity index (χ0n) is 17.4. The lowest BCUT2D eigenvalue weighted by Crippen LogP contribution is -2.35. The molecule has 1 aliphatic carbocycles. The molecule has 156 valence electrons. The van der Waals surface area contributed by atoms with Crippen LogP contribution in [-0.4, -0.2) is 32.5 Å². The molecule has 1 heterocycles. The van der Waals surface area contributed by atoms with Crippen LogP contribution in [-0.2, 0) is 14.2 Å². The van der Waals surface area contributed by atoms with Gasteiger partial charge in [0.25, 0.3) is 0 Å². The lowest BCUT2D eigenvalue weighted by atomic mass is 9.80. The highest BCUT2D eigenvalue weighted by molar-refractivity contribution is 5.27. The Bertz CT molecular complexity index is 514. The number of rotatable bonds is 8. The van der Waals surface area contributed by atoms with E-state index in [1.165, 1.54) is 33.3 Å². The van der Waals surface area contributed by atoms with Crippen LogP contribution in [0.3, 0.4) is 0 Å². The molecule has 3 nitrogen and oxygen atoms in total. The number of hydrogen-bond donors (Lipinski definition) is 0. The first-order valence-electron chi connectivity index (χ1n) is 10.5. The van der Waals surface area contributed by atoms with E-state index in [9.17, 15) is 8.78 Å². The Hall–Kier alpha value is -0.940. The molecule has 0 aromatic rings. The summed E-state index contributed by atoms with van der Waals surface area (Å²) in [6.07, 6.45) is 8.72. The summed E-state index contributed by atoms with van der Waals surface area (Å²) in [5.41, 5.74) is 0.354. The van der Waals surface area contributed by atoms with Gasteiger partial charge in [0.2, 0.25) is 0 Å². The van der Waals surface area contributed by atoms with Crippen molar-refractivity contribution in [2.75, 3.05) is 20.3 Å². The van der Waals surface area contributed by atoms with Crippen molar-refractivity contribution in [3.63, 3.8) is 0 Å². The predicted molar refractivity (Wildman–Crippen MR) is 104 cm³/mol. The zero-order chi connectivity index (χ0) is 19.8. The fourth-order valence-electron chi connectivity index (χ4n) is 4.09. The third-order valence-corrected chi connectivity index (χ3v) is 6.27. The smallest absolute Gasteiger partial charge is 0.196 e. The average molecular weight is 387 g/mol. The highest BCUT2D eigenvalue weighted by atomic mass is 19.2. The van der Waals surface area contributed by atoms with Gasteiger partial charge in [0, 0.05) is 6.61 Å². The van der Waals surface area contributed by atoms with Crippen molar-refractivity contribution >= 4 is 0 Å². The minimum Gasteiger partial charge on any atom is -0.498 e. The van der Waals surface area contributed by atoms with Gasteiger partial charge in [-0.3, -0.25) is 0 Å². The highest BCUT2D eigenvalue weighted by Gasteiger charge is 2.31. The van der Waals surface area contributed by atoms with Crippen LogP contribution in [0.2, 0.25) is 0 Å². The van der Waals surface area contributed by atoms with Crippen LogP contribution < -0.4 is 0 Å². The zero-order valence-corrected chi connectivity index (χ0v) is 17.4. The molecule has 0 radical (unpaired) electrons. The van der Waals surface area contributed by atoms with Crippen molar-refractivity contribution < 1.29 is 23.0 Å². The lowest BCUT2D eigenvalue weighted by Gasteiger charge is -2.37. The summed E-state index contributed by atoms with van der Waals surface area (Å²) in [4.78, 5) is 0. The molecule has 0 spiro atoms. The third kappa shape index (κ3) is 6.28. The second kappa shape index (κ2) is 11.2. The van der Waals surface area contributed by atoms with Gasteiger partial charge in [0.05, 0.1) is 25.9 Å². The Balaban J connectivity index is 1.80. The van der Waals surface area contributed by atoms with E-state index in [4.69, 9.17) is 14.2 Å². The average Bonchev–Trinajstić information content (AvgIpc) is 2.73. The summed E-state index contributed by atoms with van der Waals surface area (Å²) in [6, 6.07) is 0. The molecule has 0 amide bonds. The molecule has 2 atom stereocenters. The SMILES string of the molecule is CC/C(COC1CCC(C2CCC(CC)CO2)CC1)=C(F)\C(F)=C(/C)OC. The second-order valence-corrected chi connectivity index (χ2v) is 7.92. The van der Waals surface area contributed by atoms with Crippen LogP contribution in [0, 0.1) is 11.8 Å². The molecule has 0 bridgehead atoms. The van der Waals surface area contributed by atoms with E-state index in [1.54, 1.807) is 0 Å². The summed E-state index contributed by atoms with van der Waals surface area (Å²) in [5.74, 6) is -0.471. The van der Waals surface area contributed by atoms with E-state index in [-0.39, 0.29) is 18.5 Å². The number of ether oxygens (including phenoxy) is 3. The maximum Gasteiger partial charge on any atom is 0.196 e. The van der Waals surface area contributed by atoms with E-state index in [2.05, 4.69) is 6.92 Å². The van der Waals surface area contributed by atoms with Gasteiger partial charge in [-0.2, -0.15) is 0 Å². The lowest BCUT2D eigenvalue weighted by molar-refractivity contribution is -0.0686. The Morgan fingerprint density at radius 1 is 1.00 bits per heavy atom. The minimum absolute atomic E-state index is 0.0447. The van der Waals surface area contributed by atoms with Crippen LogP contribution in [0.4, 0.5) is 8.78 Å². The molecule has 0 N–H and O–H groups in total. The molecule has 1 saturated carbocycles. The monoisotopic (exact) mass is 386 g/mol. The topological polar surface area (TPSA) is 27.7 Å². The Kier molecular flexibility index (Phi) is 9.24. The van der Waals surface area contributed by atoms with Crippen molar-refractivity contribution in [2.24, 2.45) is 11.8 Å². The van der Waals surface area contributed by atoms with Gasteiger partial charge in [-0.1, -0.05) is 20.3 Å². The maximum absolute atomic E-state index is 14.3. The first-order valence-corrected chi connectivity index (χ1v) is 10.5. The number of allylic oxidation sites excluding steroid dienone is 3. The van der Waals surface area contributed by atoms with Gasteiger partial charge >= 0.3 is 0 Å². The highest BCUT2D eigenvalue weighted by Crippen LogP contribution is 2.35. The van der Waals surface area contributed by atoms with Gasteiger partial charge in [-0.05, 0) is 69.3 Å². The van der Waals surface area contributed by atoms with E-state index in [0.717, 1.165) is 38.2 Å². The molecule has 27 heavy (non-hydrogen) atoms. The standard InChI is InChI=1S/C22H36F2O3/c1-5-16-7-12-20(27-13-16)18-8-10-19(11-9-18)26-14-17(6-2)22(24)21(23)15(3)25-4/h16,18-20H,5-14H2,1-4H3/b21-15-,22-17-. The van der Waals surface area contributed by atoms with Crippen LogP contribution in [0.1, 0.15) is 72.1 Å². The quantitative estimate of drug-likeness (QED) is 0.365. The molecule has 0 aromatic heterocycles. The summed E-state index contributed by atoms with van der Waals surface area (Å²) in [6.45, 7) is 6.51. The van der Waals surface area contributed by atoms with E-state index < -0.39 is 11.7 Å². The van der Waals surface area contributed by atoms with Gasteiger partial charge in [0.1, 0.15) is 5.76 Å². The molecule has 0 aromatic carbocycles. The molecule has 2 rings (SSSR count). The number of methoxy groups -OCH3 is 1. The summed E-state index contributed by atoms with van der Waals surface area (Å²) < 4.78 is 45.1. The Morgan fingerprint density at radius 3 is 2.22 bits per heavy atom. The van der Waals surface area contributed by atoms with E-state index in [0.29, 0.717) is 24.0 Å². The van der Waals surface area contributed by atoms with Crippen LogP contribution in [0.5, 0.6) is 0 Å². The minimum atomic E-state index is -0.929. The number of hydrogen-bond acceptors (Lipinski definition) is 3. The van der Waals surface area contributed by atoms with Crippen LogP contribution >= 0.6 is 0 Å². The summed E-state index contributed by atoms with van der Waals surface area (Å²) >= 11 is 0. The van der Waals surface area contributed by atoms with Crippen LogP contribution in [0.15, 0.2) is 23.0 Å². The molecule has 2 aliphatic rings. The van der Waals surface area contributed by atoms with Crippen molar-refractivity contribution in [3.8, 4) is 0 Å². The molecule has 5 heteroatoms. The maximum atomic E-state index is 14.3. The first kappa shape index (κ1) is 22.4. The normalized spacial score (nSPS) is 31.2. The molecule has 2 fully saturated rings. The van der Waals surface area contributed by atoms with Gasteiger partial charge in [-0.25, -0.2) is 8.78 Å². The third-order valence-electron chi connectivity index (χ3n) is 6.27. The number of halogens is 2. The molecule has 1 aliphatic heterocycles. The van der Waals surface area contributed by atoms with Crippen molar-refractivity contribution in [1.82, 2.24) is 0 Å². The van der Waals surface area contributed by atoms with Crippen molar-refractivity contribution in [2.45, 2.75) is 84.3 Å². The summed E-state index contributed by atoms with van der Waals surface area (Å²) in [5, 5.41) is 0. The molecular weight excluding hydrogens is 350 g/mol. The van der Waals surface area contributed by atoms with Crippen molar-refractivity contribution in [1.29, 1.82) is 0 Å². The van der Waals surface area contributed by atoms with Crippen LogP contribution in [0.25, 0.3) is 0 Å². The van der Waals surface area contributed by atoms with Gasteiger partial charge in [0.15, 0.2) is 11.7 Å².